The third kappa shape index (κ3) is 2.80. The normalized spacial score (nSPS) is 26.3. The Kier molecular flexibility index (Phi) is 3.64. The van der Waals surface area contributed by atoms with E-state index in [-0.39, 0.29) is 5.91 Å². The molecule has 1 heterocycles. The standard InChI is InChI=1S/C14H16N4OS/c19-13(10-3-5-15-6-4-10)17-18-14(20)16-12-8-9-1-2-11(12)7-9/h1-6,9,11-12H,7-8H2,(H,17,19)(H2,16,18,20)/t9-,11+,12+/m0/s1. The second-order valence-electron chi connectivity index (χ2n) is 5.18. The molecular formula is C14H16N4OS. The Balaban J connectivity index is 1.46. The molecule has 20 heavy (non-hydrogen) atoms. The van der Waals surface area contributed by atoms with Gasteiger partial charge in [0.1, 0.15) is 0 Å². The van der Waals surface area contributed by atoms with Gasteiger partial charge in [-0.25, -0.2) is 0 Å². The van der Waals surface area contributed by atoms with Gasteiger partial charge in [-0.15, -0.1) is 0 Å². The van der Waals surface area contributed by atoms with Crippen LogP contribution in [0, 0.1) is 11.8 Å². The second kappa shape index (κ2) is 5.58. The summed E-state index contributed by atoms with van der Waals surface area (Å²) in [4.78, 5) is 15.7. The van der Waals surface area contributed by atoms with Gasteiger partial charge in [0.15, 0.2) is 5.11 Å². The van der Waals surface area contributed by atoms with Crippen LogP contribution in [-0.4, -0.2) is 22.0 Å². The molecule has 0 aromatic carbocycles. The van der Waals surface area contributed by atoms with Gasteiger partial charge in [-0.3, -0.25) is 20.6 Å². The Morgan fingerprint density at radius 1 is 1.20 bits per heavy atom. The number of nitrogens with zero attached hydrogens (tertiary/aromatic N) is 1. The molecule has 3 atom stereocenters. The molecule has 3 rings (SSSR count). The van der Waals surface area contributed by atoms with E-state index < -0.39 is 0 Å². The van der Waals surface area contributed by atoms with Gasteiger partial charge in [0.05, 0.1) is 0 Å². The average molecular weight is 288 g/mol. The van der Waals surface area contributed by atoms with E-state index in [0.717, 1.165) is 6.42 Å². The topological polar surface area (TPSA) is 66.1 Å². The summed E-state index contributed by atoms with van der Waals surface area (Å²) in [5, 5.41) is 3.72. The number of fused-ring (bicyclic) bond motifs is 2. The van der Waals surface area contributed by atoms with Crippen LogP contribution < -0.4 is 16.2 Å². The highest BCUT2D eigenvalue weighted by Gasteiger charge is 2.35. The lowest BCUT2D eigenvalue weighted by molar-refractivity contribution is 0.0943. The van der Waals surface area contributed by atoms with E-state index in [9.17, 15) is 4.79 Å². The highest BCUT2D eigenvalue weighted by atomic mass is 32.1. The number of thiocarbonyl (C=S) groups is 1. The van der Waals surface area contributed by atoms with Gasteiger partial charge in [-0.05, 0) is 49.0 Å². The monoisotopic (exact) mass is 288 g/mol. The SMILES string of the molecule is O=C(NNC(=S)N[C@@H]1C[C@H]2C=C[C@@H]1C2)c1ccncc1. The first-order chi connectivity index (χ1) is 9.72. The third-order valence-corrected chi connectivity index (χ3v) is 4.05. The van der Waals surface area contributed by atoms with Gasteiger partial charge < -0.3 is 5.32 Å². The summed E-state index contributed by atoms with van der Waals surface area (Å²) < 4.78 is 0. The molecule has 1 aromatic rings. The van der Waals surface area contributed by atoms with Crippen molar-refractivity contribution in [2.75, 3.05) is 0 Å². The first kappa shape index (κ1) is 13.1. The third-order valence-electron chi connectivity index (χ3n) is 3.83. The molecule has 0 spiro atoms. The maximum Gasteiger partial charge on any atom is 0.269 e. The van der Waals surface area contributed by atoms with E-state index >= 15 is 0 Å². The van der Waals surface area contributed by atoms with E-state index in [2.05, 4.69) is 33.3 Å². The van der Waals surface area contributed by atoms with Crippen LogP contribution >= 0.6 is 12.2 Å². The number of pyridine rings is 1. The van der Waals surface area contributed by atoms with E-state index in [1.54, 1.807) is 24.5 Å². The first-order valence-electron chi connectivity index (χ1n) is 6.67. The van der Waals surface area contributed by atoms with E-state index in [0.29, 0.717) is 28.6 Å². The van der Waals surface area contributed by atoms with Gasteiger partial charge in [-0.2, -0.15) is 0 Å². The van der Waals surface area contributed by atoms with Crippen molar-refractivity contribution in [3.05, 3.63) is 42.2 Å². The number of allylic oxidation sites excluding steroid dienone is 1. The van der Waals surface area contributed by atoms with Crippen molar-refractivity contribution in [2.45, 2.75) is 18.9 Å². The number of hydrazine groups is 1. The van der Waals surface area contributed by atoms with Crippen molar-refractivity contribution >= 4 is 23.2 Å². The predicted molar refractivity (Wildman–Crippen MR) is 79.7 cm³/mol. The molecular weight excluding hydrogens is 272 g/mol. The molecule has 1 fully saturated rings. The van der Waals surface area contributed by atoms with E-state index in [4.69, 9.17) is 12.2 Å². The van der Waals surface area contributed by atoms with Crippen LogP contribution in [0.5, 0.6) is 0 Å². The molecule has 2 aliphatic carbocycles. The molecule has 6 heteroatoms. The Morgan fingerprint density at radius 2 is 2.00 bits per heavy atom. The summed E-state index contributed by atoms with van der Waals surface area (Å²) in [6.45, 7) is 0. The molecule has 1 amide bonds. The van der Waals surface area contributed by atoms with Crippen LogP contribution in [0.15, 0.2) is 36.7 Å². The predicted octanol–water partition coefficient (Wildman–Crippen LogP) is 1.16. The van der Waals surface area contributed by atoms with Crippen LogP contribution in [-0.2, 0) is 0 Å². The molecule has 104 valence electrons. The summed E-state index contributed by atoms with van der Waals surface area (Å²) in [5.74, 6) is 1.02. The van der Waals surface area contributed by atoms with Crippen molar-refractivity contribution in [3.8, 4) is 0 Å². The number of hydrogen-bond donors (Lipinski definition) is 3. The molecule has 0 saturated heterocycles. The second-order valence-corrected chi connectivity index (χ2v) is 5.58. The van der Waals surface area contributed by atoms with E-state index in [1.807, 2.05) is 0 Å². The van der Waals surface area contributed by atoms with Gasteiger partial charge in [0, 0.05) is 24.0 Å². The van der Waals surface area contributed by atoms with Crippen molar-refractivity contribution < 1.29 is 4.79 Å². The Bertz CT molecular complexity index is 545. The number of hydrogen-bond acceptors (Lipinski definition) is 3. The van der Waals surface area contributed by atoms with Crippen molar-refractivity contribution in [1.29, 1.82) is 0 Å². The number of aromatic nitrogens is 1. The number of nitrogens with one attached hydrogen (secondary N) is 3. The van der Waals surface area contributed by atoms with Crippen molar-refractivity contribution in [2.24, 2.45) is 11.8 Å². The lowest BCUT2D eigenvalue weighted by atomic mass is 10.0. The average Bonchev–Trinajstić information content (AvgIpc) is 3.08. The van der Waals surface area contributed by atoms with Gasteiger partial charge in [0.25, 0.3) is 5.91 Å². The van der Waals surface area contributed by atoms with Crippen LogP contribution in [0.25, 0.3) is 0 Å². The van der Waals surface area contributed by atoms with Gasteiger partial charge in [-0.1, -0.05) is 12.2 Å². The van der Waals surface area contributed by atoms with Crippen LogP contribution in [0.1, 0.15) is 23.2 Å². The summed E-state index contributed by atoms with van der Waals surface area (Å²) in [6.07, 6.45) is 10.0. The highest BCUT2D eigenvalue weighted by Crippen LogP contribution is 2.38. The van der Waals surface area contributed by atoms with Gasteiger partial charge >= 0.3 is 0 Å². The quantitative estimate of drug-likeness (QED) is 0.433. The molecule has 0 aliphatic heterocycles. The van der Waals surface area contributed by atoms with Crippen LogP contribution in [0.3, 0.4) is 0 Å². The smallest absolute Gasteiger partial charge is 0.269 e. The summed E-state index contributed by atoms with van der Waals surface area (Å²) in [6, 6.07) is 3.67. The summed E-state index contributed by atoms with van der Waals surface area (Å²) in [5.41, 5.74) is 5.86. The summed E-state index contributed by atoms with van der Waals surface area (Å²) in [7, 11) is 0. The maximum absolute atomic E-state index is 11.8. The largest absolute Gasteiger partial charge is 0.358 e. The molecule has 2 aliphatic rings. The van der Waals surface area contributed by atoms with Crippen LogP contribution in [0.2, 0.25) is 0 Å². The highest BCUT2D eigenvalue weighted by molar-refractivity contribution is 7.80. The Labute approximate surface area is 122 Å². The molecule has 0 unspecified atom stereocenters. The maximum atomic E-state index is 11.8. The zero-order valence-electron chi connectivity index (χ0n) is 10.9. The number of rotatable bonds is 2. The van der Waals surface area contributed by atoms with Crippen molar-refractivity contribution in [1.82, 2.24) is 21.2 Å². The Hall–Kier alpha value is -1.95. The number of carbonyl (C=O) groups excluding carboxylic acids is 1. The molecule has 1 saturated carbocycles. The molecule has 5 nitrogen and oxygen atoms in total. The fraction of sp³-hybridized carbons (Fsp3) is 0.357. The lowest BCUT2D eigenvalue weighted by Crippen LogP contribution is -2.50. The first-order valence-corrected chi connectivity index (χ1v) is 7.08. The van der Waals surface area contributed by atoms with Crippen LogP contribution in [0.4, 0.5) is 0 Å². The van der Waals surface area contributed by atoms with Gasteiger partial charge in [0.2, 0.25) is 0 Å². The Morgan fingerprint density at radius 3 is 2.65 bits per heavy atom. The molecule has 0 radical (unpaired) electrons. The molecule has 3 N–H and O–H groups in total. The minimum absolute atomic E-state index is 0.232. The fourth-order valence-corrected chi connectivity index (χ4v) is 3.04. The minimum Gasteiger partial charge on any atom is -0.358 e. The summed E-state index contributed by atoms with van der Waals surface area (Å²) >= 11 is 5.20. The lowest BCUT2D eigenvalue weighted by Gasteiger charge is -2.21. The van der Waals surface area contributed by atoms with Crippen molar-refractivity contribution in [3.63, 3.8) is 0 Å². The fourth-order valence-electron chi connectivity index (χ4n) is 2.84. The zero-order chi connectivity index (χ0) is 13.9. The molecule has 1 aromatic heterocycles. The molecule has 2 bridgehead atoms. The number of carbonyl (C=O) groups is 1. The van der Waals surface area contributed by atoms with E-state index in [1.165, 1.54) is 6.42 Å². The number of amides is 1. The minimum atomic E-state index is -0.232. The zero-order valence-corrected chi connectivity index (χ0v) is 11.7.